The number of rotatable bonds is 9. The van der Waals surface area contributed by atoms with Gasteiger partial charge in [0.15, 0.2) is 6.61 Å². The molecule has 0 unspecified atom stereocenters. The van der Waals surface area contributed by atoms with Crippen molar-refractivity contribution in [2.75, 3.05) is 30.6 Å². The van der Waals surface area contributed by atoms with Crippen LogP contribution in [0.15, 0.2) is 78.0 Å². The molecule has 35 heavy (non-hydrogen) atoms. The molecule has 11 heteroatoms. The van der Waals surface area contributed by atoms with Crippen molar-refractivity contribution >= 4 is 35.0 Å². The highest BCUT2D eigenvalue weighted by molar-refractivity contribution is 7.98. The third kappa shape index (κ3) is 6.15. The molecule has 0 fully saturated rings. The van der Waals surface area contributed by atoms with E-state index in [1.807, 2.05) is 18.4 Å². The fraction of sp³-hybridized carbons (Fsp3) is 0.125. The number of benzene rings is 3. The maximum atomic E-state index is 12.7. The molecule has 0 aliphatic rings. The first kappa shape index (κ1) is 23.8. The fourth-order valence-electron chi connectivity index (χ4n) is 3.14. The van der Waals surface area contributed by atoms with E-state index in [1.165, 1.54) is 11.8 Å². The van der Waals surface area contributed by atoms with Gasteiger partial charge in [-0.3, -0.25) is 9.59 Å². The first-order valence-electron chi connectivity index (χ1n) is 10.5. The summed E-state index contributed by atoms with van der Waals surface area (Å²) in [6.07, 6.45) is 1.88. The molecule has 0 spiro atoms. The molecule has 0 aliphatic heterocycles. The third-order valence-corrected chi connectivity index (χ3v) is 5.43. The van der Waals surface area contributed by atoms with Crippen LogP contribution in [0, 0.1) is 0 Å². The minimum absolute atomic E-state index is 0.176. The van der Waals surface area contributed by atoms with Crippen LogP contribution >= 0.6 is 11.8 Å². The molecule has 0 bridgehead atoms. The number of nitrogens with zero attached hydrogens (tertiary/aromatic N) is 4. The standard InChI is InChI=1S/C24H22N6O4S/c1-33-21-8-4-6-18(14-21)25-22(31)15-34-20-11-9-16(10-12-20)23(32)26-17-5-3-7-19(13-17)30-24(35-2)27-28-29-30/h3-14H,15H2,1-2H3,(H,25,31)(H,26,32). The monoisotopic (exact) mass is 490 g/mol. The number of carbonyl (C=O) groups is 2. The summed E-state index contributed by atoms with van der Waals surface area (Å²) in [4.78, 5) is 24.9. The van der Waals surface area contributed by atoms with Crippen molar-refractivity contribution in [3.8, 4) is 17.2 Å². The largest absolute Gasteiger partial charge is 0.497 e. The highest BCUT2D eigenvalue weighted by atomic mass is 32.2. The summed E-state index contributed by atoms with van der Waals surface area (Å²) in [6, 6.07) is 20.8. The van der Waals surface area contributed by atoms with E-state index in [0.29, 0.717) is 33.6 Å². The van der Waals surface area contributed by atoms with E-state index in [-0.39, 0.29) is 18.4 Å². The summed E-state index contributed by atoms with van der Waals surface area (Å²) in [5, 5.41) is 17.9. The van der Waals surface area contributed by atoms with E-state index in [0.717, 1.165) is 5.69 Å². The quantitative estimate of drug-likeness (QED) is 0.341. The van der Waals surface area contributed by atoms with Crippen LogP contribution in [0.25, 0.3) is 5.69 Å². The van der Waals surface area contributed by atoms with Crippen LogP contribution in [0.1, 0.15) is 10.4 Å². The molecule has 1 aromatic heterocycles. The number of aromatic nitrogens is 4. The van der Waals surface area contributed by atoms with Crippen molar-refractivity contribution in [2.45, 2.75) is 5.16 Å². The Hall–Kier alpha value is -4.38. The van der Waals surface area contributed by atoms with Crippen molar-refractivity contribution in [2.24, 2.45) is 0 Å². The number of ether oxygens (including phenoxy) is 2. The lowest BCUT2D eigenvalue weighted by Crippen LogP contribution is -2.20. The zero-order chi connectivity index (χ0) is 24.6. The summed E-state index contributed by atoms with van der Waals surface area (Å²) in [5.74, 6) is 0.510. The van der Waals surface area contributed by atoms with Crippen LogP contribution in [0.4, 0.5) is 11.4 Å². The Kier molecular flexibility index (Phi) is 7.58. The van der Waals surface area contributed by atoms with E-state index in [4.69, 9.17) is 9.47 Å². The van der Waals surface area contributed by atoms with E-state index in [1.54, 1.807) is 72.5 Å². The second-order valence-corrected chi connectivity index (χ2v) is 7.95. The second-order valence-electron chi connectivity index (χ2n) is 7.18. The maximum absolute atomic E-state index is 12.7. The highest BCUT2D eigenvalue weighted by Gasteiger charge is 2.11. The Balaban J connectivity index is 1.32. The summed E-state index contributed by atoms with van der Waals surface area (Å²) in [5.41, 5.74) is 2.38. The van der Waals surface area contributed by atoms with Gasteiger partial charge >= 0.3 is 0 Å². The lowest BCUT2D eigenvalue weighted by molar-refractivity contribution is -0.118. The molecule has 0 radical (unpaired) electrons. The number of anilines is 2. The molecule has 0 aliphatic carbocycles. The van der Waals surface area contributed by atoms with E-state index in [2.05, 4.69) is 26.2 Å². The van der Waals surface area contributed by atoms with Crippen LogP contribution in [0.3, 0.4) is 0 Å². The smallest absolute Gasteiger partial charge is 0.262 e. The fourth-order valence-corrected chi connectivity index (χ4v) is 3.57. The number of carbonyl (C=O) groups excluding carboxylic acids is 2. The Morgan fingerprint density at radius 2 is 1.69 bits per heavy atom. The molecule has 3 aromatic carbocycles. The van der Waals surface area contributed by atoms with Crippen LogP contribution in [-0.2, 0) is 4.79 Å². The minimum atomic E-state index is -0.313. The summed E-state index contributed by atoms with van der Waals surface area (Å²) in [7, 11) is 1.56. The number of hydrogen-bond acceptors (Lipinski definition) is 8. The highest BCUT2D eigenvalue weighted by Crippen LogP contribution is 2.20. The minimum Gasteiger partial charge on any atom is -0.497 e. The average molecular weight is 491 g/mol. The SMILES string of the molecule is COc1cccc(NC(=O)COc2ccc(C(=O)Nc3cccc(-n4nnnc4SC)c3)cc2)c1. The Morgan fingerprint density at radius 3 is 2.43 bits per heavy atom. The van der Waals surface area contributed by atoms with Gasteiger partial charge in [0.25, 0.3) is 11.8 Å². The zero-order valence-electron chi connectivity index (χ0n) is 19.0. The van der Waals surface area contributed by atoms with Crippen molar-refractivity contribution in [3.63, 3.8) is 0 Å². The number of methoxy groups -OCH3 is 1. The topological polar surface area (TPSA) is 120 Å². The molecule has 4 aromatic rings. The van der Waals surface area contributed by atoms with Gasteiger partial charge in [0.1, 0.15) is 11.5 Å². The van der Waals surface area contributed by atoms with Crippen LogP contribution in [-0.4, -0.2) is 52.0 Å². The van der Waals surface area contributed by atoms with Gasteiger partial charge in [-0.15, -0.1) is 5.10 Å². The molecule has 0 atom stereocenters. The molecule has 0 saturated heterocycles. The number of nitrogens with one attached hydrogen (secondary N) is 2. The average Bonchev–Trinajstić information content (AvgIpc) is 3.37. The van der Waals surface area contributed by atoms with Crippen molar-refractivity contribution in [1.82, 2.24) is 20.2 Å². The van der Waals surface area contributed by atoms with Crippen molar-refractivity contribution in [1.29, 1.82) is 0 Å². The zero-order valence-corrected chi connectivity index (χ0v) is 19.8. The van der Waals surface area contributed by atoms with E-state index < -0.39 is 0 Å². The summed E-state index contributed by atoms with van der Waals surface area (Å²) in [6.45, 7) is -0.176. The number of hydrogen-bond donors (Lipinski definition) is 2. The van der Waals surface area contributed by atoms with Gasteiger partial charge in [-0.1, -0.05) is 23.9 Å². The first-order chi connectivity index (χ1) is 17.1. The van der Waals surface area contributed by atoms with Gasteiger partial charge in [0, 0.05) is 23.0 Å². The summed E-state index contributed by atoms with van der Waals surface area (Å²) >= 11 is 1.42. The van der Waals surface area contributed by atoms with Gasteiger partial charge in [0.2, 0.25) is 5.16 Å². The summed E-state index contributed by atoms with van der Waals surface area (Å²) < 4.78 is 12.3. The Labute approximate surface area is 205 Å². The molecule has 0 saturated carbocycles. The van der Waals surface area contributed by atoms with Crippen molar-refractivity contribution in [3.05, 3.63) is 78.4 Å². The molecule has 10 nitrogen and oxygen atoms in total. The van der Waals surface area contributed by atoms with Gasteiger partial charge in [-0.25, -0.2) is 0 Å². The molecule has 1 heterocycles. The number of thioether (sulfide) groups is 1. The predicted molar refractivity (Wildman–Crippen MR) is 132 cm³/mol. The molecular weight excluding hydrogens is 468 g/mol. The van der Waals surface area contributed by atoms with Crippen molar-refractivity contribution < 1.29 is 19.1 Å². The van der Waals surface area contributed by atoms with Gasteiger partial charge in [-0.05, 0) is 71.3 Å². The normalized spacial score (nSPS) is 10.5. The first-order valence-corrected chi connectivity index (χ1v) is 11.7. The molecular formula is C24H22N6O4S. The van der Waals surface area contributed by atoms with E-state index in [9.17, 15) is 9.59 Å². The molecule has 178 valence electrons. The lowest BCUT2D eigenvalue weighted by Gasteiger charge is -2.10. The van der Waals surface area contributed by atoms with Gasteiger partial charge in [-0.2, -0.15) is 4.68 Å². The van der Waals surface area contributed by atoms with Crippen LogP contribution < -0.4 is 20.1 Å². The molecule has 4 rings (SSSR count). The van der Waals surface area contributed by atoms with E-state index >= 15 is 0 Å². The van der Waals surface area contributed by atoms with Crippen LogP contribution in [0.5, 0.6) is 11.5 Å². The molecule has 2 amide bonds. The Morgan fingerprint density at radius 1 is 0.943 bits per heavy atom. The lowest BCUT2D eigenvalue weighted by atomic mass is 10.2. The molecule has 2 N–H and O–H groups in total. The second kappa shape index (κ2) is 11.2. The Bertz CT molecular complexity index is 1330. The van der Waals surface area contributed by atoms with Gasteiger partial charge < -0.3 is 20.1 Å². The van der Waals surface area contributed by atoms with Gasteiger partial charge in [0.05, 0.1) is 12.8 Å². The maximum Gasteiger partial charge on any atom is 0.262 e. The number of tetrazole rings is 1. The third-order valence-electron chi connectivity index (χ3n) is 4.81. The number of amides is 2. The van der Waals surface area contributed by atoms with Crippen LogP contribution in [0.2, 0.25) is 0 Å². The predicted octanol–water partition coefficient (Wildman–Crippen LogP) is 3.66.